The highest BCUT2D eigenvalue weighted by Crippen LogP contribution is 2.41. The van der Waals surface area contributed by atoms with Crippen molar-refractivity contribution in [3.63, 3.8) is 0 Å². The van der Waals surface area contributed by atoms with E-state index < -0.39 is 17.2 Å². The van der Waals surface area contributed by atoms with Crippen LogP contribution in [0.2, 0.25) is 0 Å². The van der Waals surface area contributed by atoms with Gasteiger partial charge < -0.3 is 9.55 Å². The van der Waals surface area contributed by atoms with Crippen molar-refractivity contribution in [3.8, 4) is 11.5 Å². The Bertz CT molecular complexity index is 1080. The van der Waals surface area contributed by atoms with Gasteiger partial charge in [-0.2, -0.15) is 13.2 Å². The molecule has 3 aromatic rings. The number of nitrogens with one attached hydrogen (secondary N) is 1. The number of aromatic nitrogens is 5. The molecule has 0 saturated heterocycles. The Kier molecular flexibility index (Phi) is 4.13. The van der Waals surface area contributed by atoms with Crippen LogP contribution in [0.5, 0.6) is 0 Å². The summed E-state index contributed by atoms with van der Waals surface area (Å²) in [5.41, 5.74) is -0.363. The number of benzene rings is 1. The van der Waals surface area contributed by atoms with E-state index >= 15 is 0 Å². The number of halogens is 3. The Morgan fingerprint density at radius 3 is 2.54 bits per heavy atom. The van der Waals surface area contributed by atoms with Crippen LogP contribution in [0.25, 0.3) is 11.5 Å². The second-order valence-electron chi connectivity index (χ2n) is 7.23. The zero-order valence-electron chi connectivity index (χ0n) is 15.3. The highest BCUT2D eigenvalue weighted by Gasteiger charge is 2.39. The third-order valence-electron chi connectivity index (χ3n) is 5.24. The van der Waals surface area contributed by atoms with Crippen molar-refractivity contribution in [2.45, 2.75) is 44.8 Å². The first-order valence-electron chi connectivity index (χ1n) is 8.88. The quantitative estimate of drug-likeness (QED) is 0.728. The van der Waals surface area contributed by atoms with Gasteiger partial charge in [0, 0.05) is 12.6 Å². The number of hydrogen-bond donors (Lipinski definition) is 1. The molecule has 2 aromatic heterocycles. The van der Waals surface area contributed by atoms with E-state index in [1.165, 1.54) is 18.2 Å². The average molecular weight is 389 g/mol. The maximum absolute atomic E-state index is 12.9. The predicted octanol–water partition coefficient (Wildman–Crippen LogP) is 3.46. The lowest BCUT2D eigenvalue weighted by molar-refractivity contribution is -0.137. The van der Waals surface area contributed by atoms with Crippen LogP contribution in [0.15, 0.2) is 35.1 Å². The monoisotopic (exact) mass is 389 g/mol. The maximum atomic E-state index is 12.9. The molecule has 0 radical (unpaired) electrons. The Hall–Kier alpha value is -2.97. The standard InChI is InChI=1S/C19H18F3N5O/c1-11-23-14(10-15(28)24-11)16-25-26-17-18(2,8-3-9-27(16)17)12-4-6-13(7-5-12)19(20,21)22/h4-7,10H,3,8-9H2,1-2H3,(H,23,24,28)/t18-/m1/s1. The smallest absolute Gasteiger partial charge is 0.311 e. The average Bonchev–Trinajstić information content (AvgIpc) is 3.06. The molecule has 9 heteroatoms. The molecule has 3 heterocycles. The Balaban J connectivity index is 1.79. The van der Waals surface area contributed by atoms with Crippen molar-refractivity contribution in [1.82, 2.24) is 24.7 Å². The van der Waals surface area contributed by atoms with Gasteiger partial charge in [0.25, 0.3) is 5.56 Å². The summed E-state index contributed by atoms with van der Waals surface area (Å²) in [6.07, 6.45) is -2.83. The Morgan fingerprint density at radius 1 is 1.18 bits per heavy atom. The van der Waals surface area contributed by atoms with Gasteiger partial charge >= 0.3 is 6.18 Å². The van der Waals surface area contributed by atoms with Crippen molar-refractivity contribution >= 4 is 0 Å². The fourth-order valence-corrected chi connectivity index (χ4v) is 3.81. The molecule has 1 atom stereocenters. The number of aryl methyl sites for hydroxylation is 1. The topological polar surface area (TPSA) is 76.5 Å². The number of alkyl halides is 3. The molecule has 1 aliphatic heterocycles. The van der Waals surface area contributed by atoms with E-state index in [9.17, 15) is 18.0 Å². The van der Waals surface area contributed by atoms with Crippen LogP contribution in [0, 0.1) is 6.92 Å². The molecule has 146 valence electrons. The summed E-state index contributed by atoms with van der Waals surface area (Å²) in [6, 6.07) is 6.57. The number of rotatable bonds is 2. The third kappa shape index (κ3) is 3.00. The number of nitrogens with zero attached hydrogens (tertiary/aromatic N) is 4. The number of hydrogen-bond acceptors (Lipinski definition) is 4. The molecule has 1 aromatic carbocycles. The van der Waals surface area contributed by atoms with E-state index in [1.807, 2.05) is 11.5 Å². The van der Waals surface area contributed by atoms with Crippen LogP contribution in [0.4, 0.5) is 13.2 Å². The Morgan fingerprint density at radius 2 is 1.89 bits per heavy atom. The fourth-order valence-electron chi connectivity index (χ4n) is 3.81. The molecule has 4 rings (SSSR count). The first-order valence-corrected chi connectivity index (χ1v) is 8.88. The normalized spacial score (nSPS) is 19.5. The first kappa shape index (κ1) is 18.4. The first-order chi connectivity index (χ1) is 13.2. The fraction of sp³-hybridized carbons (Fsp3) is 0.368. The summed E-state index contributed by atoms with van der Waals surface area (Å²) in [5, 5.41) is 8.58. The lowest BCUT2D eigenvalue weighted by Crippen LogP contribution is -2.33. The minimum atomic E-state index is -4.37. The summed E-state index contributed by atoms with van der Waals surface area (Å²) in [6.45, 7) is 4.29. The highest BCUT2D eigenvalue weighted by molar-refractivity contribution is 5.50. The second kappa shape index (κ2) is 6.29. The van der Waals surface area contributed by atoms with Crippen molar-refractivity contribution in [2.75, 3.05) is 0 Å². The molecular formula is C19H18F3N5O. The lowest BCUT2D eigenvalue weighted by Gasteiger charge is -2.34. The van der Waals surface area contributed by atoms with Crippen LogP contribution in [-0.4, -0.2) is 24.7 Å². The van der Waals surface area contributed by atoms with Gasteiger partial charge in [-0.25, -0.2) is 4.98 Å². The van der Waals surface area contributed by atoms with Crippen LogP contribution >= 0.6 is 0 Å². The van der Waals surface area contributed by atoms with Gasteiger partial charge in [-0.3, -0.25) is 4.79 Å². The van der Waals surface area contributed by atoms with E-state index in [0.717, 1.165) is 30.5 Å². The van der Waals surface area contributed by atoms with Crippen molar-refractivity contribution in [3.05, 3.63) is 63.5 Å². The van der Waals surface area contributed by atoms with E-state index in [2.05, 4.69) is 20.2 Å². The number of fused-ring (bicyclic) bond motifs is 1. The van der Waals surface area contributed by atoms with Gasteiger partial charge in [0.15, 0.2) is 5.82 Å². The van der Waals surface area contributed by atoms with Crippen molar-refractivity contribution < 1.29 is 13.2 Å². The zero-order chi connectivity index (χ0) is 20.1. The van der Waals surface area contributed by atoms with Gasteiger partial charge in [-0.15, -0.1) is 10.2 Å². The summed E-state index contributed by atoms with van der Waals surface area (Å²) >= 11 is 0. The molecular weight excluding hydrogens is 371 g/mol. The molecule has 0 amide bonds. The lowest BCUT2D eigenvalue weighted by atomic mass is 9.75. The molecule has 0 aliphatic carbocycles. The van der Waals surface area contributed by atoms with Crippen LogP contribution in [0.1, 0.15) is 42.5 Å². The van der Waals surface area contributed by atoms with Crippen LogP contribution in [-0.2, 0) is 18.1 Å². The maximum Gasteiger partial charge on any atom is 0.416 e. The van der Waals surface area contributed by atoms with E-state index in [0.29, 0.717) is 29.7 Å². The zero-order valence-corrected chi connectivity index (χ0v) is 15.3. The van der Waals surface area contributed by atoms with Crippen LogP contribution in [0.3, 0.4) is 0 Å². The largest absolute Gasteiger partial charge is 0.416 e. The molecule has 6 nitrogen and oxygen atoms in total. The summed E-state index contributed by atoms with van der Waals surface area (Å²) in [7, 11) is 0. The van der Waals surface area contributed by atoms with Crippen molar-refractivity contribution in [2.24, 2.45) is 0 Å². The molecule has 1 aliphatic rings. The predicted molar refractivity (Wildman–Crippen MR) is 95.7 cm³/mol. The van der Waals surface area contributed by atoms with E-state index in [4.69, 9.17) is 0 Å². The molecule has 0 spiro atoms. The van der Waals surface area contributed by atoms with E-state index in [1.54, 1.807) is 6.92 Å². The second-order valence-corrected chi connectivity index (χ2v) is 7.23. The summed E-state index contributed by atoms with van der Waals surface area (Å²) < 4.78 is 40.6. The van der Waals surface area contributed by atoms with E-state index in [-0.39, 0.29) is 5.56 Å². The number of aromatic amines is 1. The number of H-pyrrole nitrogens is 1. The molecule has 28 heavy (non-hydrogen) atoms. The molecule has 0 fully saturated rings. The third-order valence-corrected chi connectivity index (χ3v) is 5.24. The molecule has 0 unspecified atom stereocenters. The van der Waals surface area contributed by atoms with Crippen LogP contribution < -0.4 is 5.56 Å². The SMILES string of the molecule is Cc1nc(-c2nnc3n2CCC[C@]3(C)c2ccc(C(F)(F)F)cc2)cc(=O)[nH]1. The van der Waals surface area contributed by atoms with Gasteiger partial charge in [0.2, 0.25) is 0 Å². The summed E-state index contributed by atoms with van der Waals surface area (Å²) in [4.78, 5) is 18.7. The van der Waals surface area contributed by atoms with Gasteiger partial charge in [-0.1, -0.05) is 12.1 Å². The van der Waals surface area contributed by atoms with Gasteiger partial charge in [0.05, 0.1) is 11.0 Å². The minimum Gasteiger partial charge on any atom is -0.311 e. The highest BCUT2D eigenvalue weighted by atomic mass is 19.4. The van der Waals surface area contributed by atoms with Gasteiger partial charge in [-0.05, 0) is 44.4 Å². The molecule has 1 N–H and O–H groups in total. The van der Waals surface area contributed by atoms with Crippen molar-refractivity contribution in [1.29, 1.82) is 0 Å². The molecule has 0 saturated carbocycles. The molecule has 0 bridgehead atoms. The summed E-state index contributed by atoms with van der Waals surface area (Å²) in [5.74, 6) is 1.62. The Labute approximate surface area is 158 Å². The van der Waals surface area contributed by atoms with Gasteiger partial charge in [0.1, 0.15) is 17.3 Å². The minimum absolute atomic E-state index is 0.277.